The van der Waals surface area contributed by atoms with Crippen molar-refractivity contribution >= 4 is 33.6 Å². The minimum atomic E-state index is -4.93. The molecule has 0 saturated heterocycles. The van der Waals surface area contributed by atoms with E-state index in [1.54, 1.807) is 0 Å². The molecule has 0 saturated carbocycles. The van der Waals surface area contributed by atoms with Crippen molar-refractivity contribution in [3.05, 3.63) is 97.2 Å². The summed E-state index contributed by atoms with van der Waals surface area (Å²) in [7, 11) is -9.78. The van der Waals surface area contributed by atoms with Gasteiger partial charge in [0.1, 0.15) is 25.4 Å². The first-order chi connectivity index (χ1) is 50.2. The molecule has 4 N–H and O–H groups in total. The van der Waals surface area contributed by atoms with E-state index < -0.39 is 91.5 Å². The molecule has 0 fully saturated rings. The molecule has 0 aromatic heterocycles. The maximum absolute atomic E-state index is 12.9. The summed E-state index contributed by atoms with van der Waals surface area (Å²) in [6, 6.07) is 0. The molecule has 0 radical (unpaired) electrons. The third kappa shape index (κ3) is 79.3. The van der Waals surface area contributed by atoms with E-state index in [1.807, 2.05) is 0 Å². The van der Waals surface area contributed by atoms with Crippen LogP contribution in [0.3, 0.4) is 0 Å². The minimum absolute atomic E-state index is 0.107. The van der Waals surface area contributed by atoms with Crippen molar-refractivity contribution in [1.82, 2.24) is 0 Å². The van der Waals surface area contributed by atoms with E-state index in [-0.39, 0.29) is 19.3 Å². The predicted molar refractivity (Wildman–Crippen MR) is 427 cm³/mol. The molecule has 18 heteroatoms. The molecule has 0 rings (SSSR count). The van der Waals surface area contributed by atoms with Crippen LogP contribution < -0.4 is 0 Å². The molecule has 0 heterocycles. The number of hydrogen-bond acceptors (Lipinski definition) is 14. The molecule has 5 atom stereocenters. The summed E-state index contributed by atoms with van der Waals surface area (Å²) in [5.74, 6) is -1.57. The lowest BCUT2D eigenvalue weighted by Gasteiger charge is -2.21. The number of rotatable bonds is 79. The fraction of sp³-hybridized carbons (Fsp3) is 0.776. The summed E-state index contributed by atoms with van der Waals surface area (Å²) in [6.45, 7) is 2.65. The Labute approximate surface area is 628 Å². The summed E-state index contributed by atoms with van der Waals surface area (Å²) in [5, 5.41) is 20.6. The Morgan fingerprint density at radius 3 is 0.786 bits per heavy atom. The standard InChI is InChI=1S/C85H152O16P2/c1-4-7-10-13-16-19-22-24-26-28-30-32-34-36-37-38-39-40-41-43-45-46-48-50-52-54-57-59-62-65-68-71-83(88)95-74-80(86)75-97-102(91,92)98-76-81(87)77-99-103(93,94)100-79-82(101-85(90)73-70-67-64-61-56-21-18-15-12-9-6-3)78-96-84(89)72-69-66-63-60-58-55-53-51-49-47-44-42-35-33-31-29-27-25-23-20-17-14-11-8-5-2/h16-17,19-20,24-27,30-33,36-37,42,44,80-82,86-87H,4-15,18,21-23,28-29,34-35,38-41,43,45-79H2,1-3H3,(H,91,92)(H,93,94)/b19-16-,20-17-,26-24-,27-25-,32-30-,33-31-,37-36-,44-42-. The van der Waals surface area contributed by atoms with Gasteiger partial charge in [-0.2, -0.15) is 0 Å². The summed E-state index contributed by atoms with van der Waals surface area (Å²) < 4.78 is 61.1. The number of phosphoric acid groups is 2. The van der Waals surface area contributed by atoms with Crippen LogP contribution in [0.25, 0.3) is 0 Å². The molecule has 0 aliphatic heterocycles. The lowest BCUT2D eigenvalue weighted by Crippen LogP contribution is -2.30. The van der Waals surface area contributed by atoms with Gasteiger partial charge in [-0.3, -0.25) is 32.5 Å². The molecular weight excluding hydrogens is 1340 g/mol. The van der Waals surface area contributed by atoms with Crippen LogP contribution in [0.1, 0.15) is 367 Å². The van der Waals surface area contributed by atoms with Gasteiger partial charge in [0.05, 0.1) is 26.4 Å². The van der Waals surface area contributed by atoms with Gasteiger partial charge in [0, 0.05) is 19.3 Å². The first-order valence-corrected chi connectivity index (χ1v) is 44.5. The first kappa shape index (κ1) is 99.5. The van der Waals surface area contributed by atoms with Crippen LogP contribution in [0.4, 0.5) is 0 Å². The van der Waals surface area contributed by atoms with Crippen molar-refractivity contribution < 1.29 is 75.8 Å². The molecule has 103 heavy (non-hydrogen) atoms. The van der Waals surface area contributed by atoms with Gasteiger partial charge in [-0.1, -0.05) is 336 Å². The smallest absolute Gasteiger partial charge is 0.463 e. The summed E-state index contributed by atoms with van der Waals surface area (Å²) in [5.41, 5.74) is 0. The van der Waals surface area contributed by atoms with E-state index >= 15 is 0 Å². The molecule has 0 bridgehead atoms. The molecule has 0 aliphatic rings. The molecule has 0 spiro atoms. The normalized spacial score (nSPS) is 14.4. The van der Waals surface area contributed by atoms with Crippen LogP contribution in [0.15, 0.2) is 97.2 Å². The van der Waals surface area contributed by atoms with E-state index in [4.69, 9.17) is 32.3 Å². The zero-order valence-corrected chi connectivity index (χ0v) is 67.3. The SMILES string of the molecule is CCCCC/C=C\C/C=C\C/C=C\C/C=C\CCCCCCCCCCCCCCCCCC(=O)OCC(O)COP(=O)(O)OCC(O)COP(=O)(O)OCC(COC(=O)CCCCCCCCCCC/C=C\C/C=C\C/C=C\C/C=C\CCCCC)OC(=O)CCCCCCCCCCCCC. The Kier molecular flexibility index (Phi) is 75.4. The van der Waals surface area contributed by atoms with Gasteiger partial charge >= 0.3 is 33.6 Å². The molecule has 598 valence electrons. The molecule has 0 aromatic carbocycles. The average Bonchev–Trinajstić information content (AvgIpc) is 0.914. The van der Waals surface area contributed by atoms with Gasteiger partial charge in [-0.15, -0.1) is 0 Å². The number of ether oxygens (including phenoxy) is 3. The van der Waals surface area contributed by atoms with Gasteiger partial charge < -0.3 is 34.2 Å². The van der Waals surface area contributed by atoms with Crippen LogP contribution in [0, 0.1) is 0 Å². The van der Waals surface area contributed by atoms with Crippen molar-refractivity contribution in [1.29, 1.82) is 0 Å². The Morgan fingerprint density at radius 1 is 0.272 bits per heavy atom. The maximum Gasteiger partial charge on any atom is 0.472 e. The molecule has 0 aliphatic carbocycles. The largest absolute Gasteiger partial charge is 0.472 e. The Hall–Kier alpha value is -3.53. The van der Waals surface area contributed by atoms with Crippen molar-refractivity contribution in [3.8, 4) is 0 Å². The average molecular weight is 1490 g/mol. The Morgan fingerprint density at radius 2 is 0.485 bits per heavy atom. The van der Waals surface area contributed by atoms with E-state index in [2.05, 4.69) is 118 Å². The monoisotopic (exact) mass is 1490 g/mol. The van der Waals surface area contributed by atoms with Crippen molar-refractivity contribution in [2.75, 3.05) is 39.6 Å². The highest BCUT2D eigenvalue weighted by Crippen LogP contribution is 2.45. The highest BCUT2D eigenvalue weighted by molar-refractivity contribution is 7.47. The highest BCUT2D eigenvalue weighted by Gasteiger charge is 2.29. The molecule has 16 nitrogen and oxygen atoms in total. The van der Waals surface area contributed by atoms with Crippen LogP contribution in [0.2, 0.25) is 0 Å². The number of hydrogen-bond donors (Lipinski definition) is 4. The van der Waals surface area contributed by atoms with E-state index in [9.17, 15) is 43.5 Å². The van der Waals surface area contributed by atoms with Gasteiger partial charge in [-0.05, 0) is 109 Å². The number of esters is 3. The second-order valence-corrected chi connectivity index (χ2v) is 30.8. The lowest BCUT2D eigenvalue weighted by atomic mass is 10.0. The Bertz CT molecular complexity index is 2260. The third-order valence-electron chi connectivity index (χ3n) is 17.8. The van der Waals surface area contributed by atoms with Crippen LogP contribution in [-0.2, 0) is 55.8 Å². The fourth-order valence-corrected chi connectivity index (χ4v) is 13.0. The molecule has 0 aromatic rings. The molecular formula is C85H152O16P2. The van der Waals surface area contributed by atoms with Gasteiger partial charge in [0.15, 0.2) is 6.10 Å². The maximum atomic E-state index is 12.9. The minimum Gasteiger partial charge on any atom is -0.463 e. The van der Waals surface area contributed by atoms with Crippen LogP contribution >= 0.6 is 15.6 Å². The van der Waals surface area contributed by atoms with E-state index in [0.29, 0.717) is 19.3 Å². The number of aliphatic hydroxyl groups excluding tert-OH is 2. The summed E-state index contributed by atoms with van der Waals surface area (Å²) >= 11 is 0. The summed E-state index contributed by atoms with van der Waals surface area (Å²) in [6.07, 6.45) is 90.4. The van der Waals surface area contributed by atoms with E-state index in [1.165, 1.54) is 193 Å². The number of phosphoric ester groups is 2. The third-order valence-corrected chi connectivity index (χ3v) is 19.7. The summed E-state index contributed by atoms with van der Waals surface area (Å²) in [4.78, 5) is 58.6. The van der Waals surface area contributed by atoms with Crippen LogP contribution in [-0.4, -0.2) is 95.9 Å². The molecule has 5 unspecified atom stereocenters. The van der Waals surface area contributed by atoms with Crippen molar-refractivity contribution in [2.45, 2.75) is 386 Å². The quantitative estimate of drug-likeness (QED) is 0.0146. The van der Waals surface area contributed by atoms with Crippen molar-refractivity contribution in [3.63, 3.8) is 0 Å². The number of aliphatic hydroxyl groups is 2. The zero-order chi connectivity index (χ0) is 75.2. The first-order valence-electron chi connectivity index (χ1n) is 41.5. The second-order valence-electron chi connectivity index (χ2n) is 27.9. The number of carbonyl (C=O) groups is 3. The van der Waals surface area contributed by atoms with Gasteiger partial charge in [0.2, 0.25) is 0 Å². The number of allylic oxidation sites excluding steroid dienone is 16. The second kappa shape index (κ2) is 78.1. The predicted octanol–water partition coefficient (Wildman–Crippen LogP) is 24.5. The highest BCUT2D eigenvalue weighted by atomic mass is 31.2. The van der Waals surface area contributed by atoms with Gasteiger partial charge in [0.25, 0.3) is 0 Å². The topological polar surface area (TPSA) is 231 Å². The Balaban J connectivity index is 4.39. The fourth-order valence-electron chi connectivity index (χ4n) is 11.4. The van der Waals surface area contributed by atoms with Crippen LogP contribution in [0.5, 0.6) is 0 Å². The zero-order valence-electron chi connectivity index (χ0n) is 65.5. The van der Waals surface area contributed by atoms with Crippen molar-refractivity contribution in [2.24, 2.45) is 0 Å². The van der Waals surface area contributed by atoms with E-state index in [0.717, 1.165) is 116 Å². The molecule has 0 amide bonds. The lowest BCUT2D eigenvalue weighted by molar-refractivity contribution is -0.161. The number of carbonyl (C=O) groups excluding carboxylic acids is 3. The number of unbranched alkanes of at least 4 members (excludes halogenated alkanes) is 40. The van der Waals surface area contributed by atoms with Gasteiger partial charge in [-0.25, -0.2) is 9.13 Å².